The molecule has 0 fully saturated rings. The number of hydrogen-bond acceptors (Lipinski definition) is 6. The standard InChI is InChI=1S/C10H15ClNO5PS2/c1-12(2)20(13,14)10-6-5-8(7-9(10)11)17-18(19,15-3)16-4/h5-7H,1-4H3. The van der Waals surface area contributed by atoms with Gasteiger partial charge in [0.25, 0.3) is 0 Å². The predicted molar refractivity (Wildman–Crippen MR) is 81.3 cm³/mol. The number of halogens is 1. The van der Waals surface area contributed by atoms with Gasteiger partial charge in [-0.15, -0.1) is 0 Å². The number of hydrogen-bond donors (Lipinski definition) is 0. The molecule has 0 saturated carbocycles. The van der Waals surface area contributed by atoms with Crippen LogP contribution in [0.1, 0.15) is 0 Å². The second-order valence-electron chi connectivity index (χ2n) is 3.78. The Balaban J connectivity index is 3.16. The Morgan fingerprint density at radius 1 is 1.25 bits per heavy atom. The van der Waals surface area contributed by atoms with Crippen LogP contribution in [0.3, 0.4) is 0 Å². The van der Waals surface area contributed by atoms with Crippen LogP contribution in [0.5, 0.6) is 5.75 Å². The van der Waals surface area contributed by atoms with Crippen LogP contribution in [0.25, 0.3) is 0 Å². The predicted octanol–water partition coefficient (Wildman–Crippen LogP) is 2.49. The smallest absolute Gasteiger partial charge is 0.380 e. The van der Waals surface area contributed by atoms with Gasteiger partial charge >= 0.3 is 6.72 Å². The molecule has 0 atom stereocenters. The molecule has 0 N–H and O–H groups in total. The van der Waals surface area contributed by atoms with E-state index in [-0.39, 0.29) is 15.7 Å². The Hall–Kier alpha value is -0.210. The van der Waals surface area contributed by atoms with Crippen LogP contribution in [-0.2, 0) is 30.9 Å². The first kappa shape index (κ1) is 17.8. The lowest BCUT2D eigenvalue weighted by Gasteiger charge is -2.19. The van der Waals surface area contributed by atoms with Crippen molar-refractivity contribution < 1.29 is 22.0 Å². The first-order chi connectivity index (χ1) is 9.16. The lowest BCUT2D eigenvalue weighted by atomic mass is 10.3. The van der Waals surface area contributed by atoms with Crippen molar-refractivity contribution in [1.29, 1.82) is 0 Å². The molecule has 20 heavy (non-hydrogen) atoms. The van der Waals surface area contributed by atoms with E-state index in [0.29, 0.717) is 0 Å². The largest absolute Gasteiger partial charge is 0.424 e. The number of rotatable bonds is 6. The Morgan fingerprint density at radius 3 is 2.20 bits per heavy atom. The molecule has 0 amide bonds. The van der Waals surface area contributed by atoms with E-state index in [2.05, 4.69) is 0 Å². The maximum Gasteiger partial charge on any atom is 0.380 e. The van der Waals surface area contributed by atoms with Gasteiger partial charge in [0, 0.05) is 46.2 Å². The van der Waals surface area contributed by atoms with Gasteiger partial charge in [0.15, 0.2) is 0 Å². The highest BCUT2D eigenvalue weighted by Gasteiger charge is 2.23. The summed E-state index contributed by atoms with van der Waals surface area (Å²) in [6.07, 6.45) is 0. The molecule has 0 aliphatic rings. The Kier molecular flexibility index (Phi) is 5.98. The molecule has 0 aliphatic heterocycles. The fourth-order valence-corrected chi connectivity index (χ4v) is 3.55. The van der Waals surface area contributed by atoms with Crippen molar-refractivity contribution >= 4 is 40.1 Å². The van der Waals surface area contributed by atoms with Crippen molar-refractivity contribution in [2.24, 2.45) is 0 Å². The average Bonchev–Trinajstić information content (AvgIpc) is 2.38. The Labute approximate surface area is 128 Å². The molecule has 0 saturated heterocycles. The van der Waals surface area contributed by atoms with Crippen molar-refractivity contribution in [3.63, 3.8) is 0 Å². The number of sulfonamides is 1. The second kappa shape index (κ2) is 6.70. The third kappa shape index (κ3) is 3.92. The fourth-order valence-electron chi connectivity index (χ4n) is 1.22. The van der Waals surface area contributed by atoms with Crippen LogP contribution in [0, 0.1) is 0 Å². The highest BCUT2D eigenvalue weighted by atomic mass is 35.5. The minimum absolute atomic E-state index is 0.0142. The fraction of sp³-hybridized carbons (Fsp3) is 0.400. The molecule has 10 heteroatoms. The van der Waals surface area contributed by atoms with E-state index in [1.807, 2.05) is 0 Å². The molecular weight excluding hydrogens is 345 g/mol. The van der Waals surface area contributed by atoms with E-state index < -0.39 is 16.7 Å². The summed E-state index contributed by atoms with van der Waals surface area (Å²) in [7, 11) is 1.98. The molecule has 1 aromatic rings. The van der Waals surface area contributed by atoms with E-state index >= 15 is 0 Å². The van der Waals surface area contributed by atoms with Crippen LogP contribution in [-0.4, -0.2) is 41.0 Å². The molecule has 0 aliphatic carbocycles. The highest BCUT2D eigenvalue weighted by molar-refractivity contribution is 8.07. The summed E-state index contributed by atoms with van der Waals surface area (Å²) in [4.78, 5) is -0.0142. The third-order valence-corrected chi connectivity index (χ3v) is 7.07. The molecule has 1 aromatic carbocycles. The molecule has 1 rings (SSSR count). The van der Waals surface area contributed by atoms with Crippen molar-refractivity contribution in [3.8, 4) is 5.75 Å². The molecule has 0 bridgehead atoms. The van der Waals surface area contributed by atoms with Gasteiger partial charge in [-0.1, -0.05) is 11.6 Å². The topological polar surface area (TPSA) is 65.1 Å². The molecule has 0 aromatic heterocycles. The van der Waals surface area contributed by atoms with Gasteiger partial charge in [-0.2, -0.15) is 0 Å². The lowest BCUT2D eigenvalue weighted by molar-refractivity contribution is 0.273. The second-order valence-corrected chi connectivity index (χ2v) is 9.46. The van der Waals surface area contributed by atoms with Crippen LogP contribution in [0.4, 0.5) is 0 Å². The van der Waals surface area contributed by atoms with Gasteiger partial charge in [-0.3, -0.25) is 0 Å². The zero-order valence-corrected chi connectivity index (χ0v) is 14.6. The molecular formula is C10H15ClNO5PS2. The summed E-state index contributed by atoms with van der Waals surface area (Å²) in [5, 5.41) is 0.0324. The van der Waals surface area contributed by atoms with Gasteiger partial charge in [-0.05, 0) is 12.1 Å². The van der Waals surface area contributed by atoms with Crippen LogP contribution < -0.4 is 4.52 Å². The monoisotopic (exact) mass is 359 g/mol. The summed E-state index contributed by atoms with van der Waals surface area (Å²) >= 11 is 11.0. The normalized spacial score (nSPS) is 12.7. The maximum absolute atomic E-state index is 12.0. The molecule has 0 spiro atoms. The summed E-state index contributed by atoms with van der Waals surface area (Å²) in [6.45, 7) is -2.88. The summed E-state index contributed by atoms with van der Waals surface area (Å²) in [5.41, 5.74) is 0. The first-order valence-corrected chi connectivity index (χ1v) is 9.67. The van der Waals surface area contributed by atoms with Crippen LogP contribution in [0.15, 0.2) is 23.1 Å². The molecule has 0 heterocycles. The van der Waals surface area contributed by atoms with Crippen molar-refractivity contribution in [1.82, 2.24) is 4.31 Å². The van der Waals surface area contributed by atoms with Crippen molar-refractivity contribution in [3.05, 3.63) is 23.2 Å². The summed E-state index contributed by atoms with van der Waals surface area (Å²) in [5.74, 6) is 0.278. The highest BCUT2D eigenvalue weighted by Crippen LogP contribution is 2.48. The third-order valence-electron chi connectivity index (χ3n) is 2.33. The summed E-state index contributed by atoms with van der Waals surface area (Å²) in [6, 6.07) is 4.15. The maximum atomic E-state index is 12.0. The zero-order valence-electron chi connectivity index (χ0n) is 11.4. The van der Waals surface area contributed by atoms with E-state index in [4.69, 9.17) is 37.0 Å². The molecule has 114 valence electrons. The van der Waals surface area contributed by atoms with E-state index in [0.717, 1.165) is 4.31 Å². The minimum atomic E-state index is -3.61. The van der Waals surface area contributed by atoms with Crippen LogP contribution in [0.2, 0.25) is 5.02 Å². The quantitative estimate of drug-likeness (QED) is 0.727. The van der Waals surface area contributed by atoms with Gasteiger partial charge in [-0.25, -0.2) is 12.7 Å². The number of nitrogens with zero attached hydrogens (tertiary/aromatic N) is 1. The van der Waals surface area contributed by atoms with Crippen LogP contribution >= 0.6 is 18.3 Å². The summed E-state index contributed by atoms with van der Waals surface area (Å²) < 4.78 is 40.4. The van der Waals surface area contributed by atoms with Gasteiger partial charge in [0.05, 0.1) is 5.02 Å². The van der Waals surface area contributed by atoms with Gasteiger partial charge in [0.1, 0.15) is 10.6 Å². The van der Waals surface area contributed by atoms with Crippen molar-refractivity contribution in [2.75, 3.05) is 28.3 Å². The Bertz CT molecular complexity index is 627. The van der Waals surface area contributed by atoms with E-state index in [1.54, 1.807) is 0 Å². The minimum Gasteiger partial charge on any atom is -0.424 e. The lowest BCUT2D eigenvalue weighted by Crippen LogP contribution is -2.22. The molecule has 0 unspecified atom stereocenters. The first-order valence-electron chi connectivity index (χ1n) is 5.29. The van der Waals surface area contributed by atoms with Gasteiger partial charge in [0.2, 0.25) is 10.0 Å². The Morgan fingerprint density at radius 2 is 1.80 bits per heavy atom. The van der Waals surface area contributed by atoms with E-state index in [1.165, 1.54) is 46.5 Å². The molecule has 6 nitrogen and oxygen atoms in total. The van der Waals surface area contributed by atoms with Crippen molar-refractivity contribution in [2.45, 2.75) is 4.90 Å². The average molecular weight is 360 g/mol. The zero-order chi connectivity index (χ0) is 15.6. The molecule has 0 radical (unpaired) electrons. The van der Waals surface area contributed by atoms with E-state index in [9.17, 15) is 8.42 Å². The van der Waals surface area contributed by atoms with Gasteiger partial charge < -0.3 is 13.6 Å². The number of benzene rings is 1. The SMILES string of the molecule is COP(=S)(OC)Oc1ccc(S(=O)(=O)N(C)C)c(Cl)c1.